The highest BCUT2D eigenvalue weighted by Crippen LogP contribution is 2.31. The van der Waals surface area contributed by atoms with Gasteiger partial charge in [0, 0.05) is 31.1 Å². The average Bonchev–Trinajstić information content (AvgIpc) is 2.94. The van der Waals surface area contributed by atoms with Crippen LogP contribution in [0.4, 0.5) is 0 Å². The molecule has 1 aliphatic rings. The van der Waals surface area contributed by atoms with Crippen molar-refractivity contribution in [2.75, 3.05) is 33.9 Å². The van der Waals surface area contributed by atoms with E-state index in [0.717, 1.165) is 24.4 Å². The highest BCUT2D eigenvalue weighted by Gasteiger charge is 2.21. The van der Waals surface area contributed by atoms with Gasteiger partial charge < -0.3 is 25.4 Å². The van der Waals surface area contributed by atoms with Gasteiger partial charge in [-0.25, -0.2) is 0 Å². The number of methoxy groups -OCH3 is 2. The molecule has 1 saturated heterocycles. The lowest BCUT2D eigenvalue weighted by molar-refractivity contribution is 0.126. The minimum Gasteiger partial charge on any atom is -0.493 e. The summed E-state index contributed by atoms with van der Waals surface area (Å²) in [7, 11) is 3.22. The summed E-state index contributed by atoms with van der Waals surface area (Å²) in [6.45, 7) is 2.51. The number of nitrogens with zero attached hydrogens (tertiary/aromatic N) is 1. The number of hydrogen-bond acceptors (Lipinski definition) is 6. The first-order chi connectivity index (χ1) is 9.80. The van der Waals surface area contributed by atoms with Crippen molar-refractivity contribution in [2.45, 2.75) is 6.61 Å². The molecule has 0 aliphatic carbocycles. The maximum atomic E-state index is 5.68. The summed E-state index contributed by atoms with van der Waals surface area (Å²) < 4.78 is 10.6. The first-order valence-electron chi connectivity index (χ1n) is 6.59. The lowest BCUT2D eigenvalue weighted by atomic mass is 10.1. The highest BCUT2D eigenvalue weighted by atomic mass is 16.6. The van der Waals surface area contributed by atoms with E-state index in [0.29, 0.717) is 24.7 Å². The van der Waals surface area contributed by atoms with E-state index < -0.39 is 0 Å². The Hall–Kier alpha value is -1.79. The van der Waals surface area contributed by atoms with E-state index in [4.69, 9.17) is 20.0 Å². The lowest BCUT2D eigenvalue weighted by Crippen LogP contribution is -2.22. The van der Waals surface area contributed by atoms with Crippen molar-refractivity contribution >= 4 is 5.71 Å². The lowest BCUT2D eigenvalue weighted by Gasteiger charge is -2.12. The largest absolute Gasteiger partial charge is 0.493 e. The first-order valence-corrected chi connectivity index (χ1v) is 6.59. The van der Waals surface area contributed by atoms with Crippen LogP contribution in [-0.4, -0.2) is 39.6 Å². The molecule has 0 saturated carbocycles. The van der Waals surface area contributed by atoms with E-state index >= 15 is 0 Å². The Morgan fingerprint density at radius 1 is 1.35 bits per heavy atom. The van der Waals surface area contributed by atoms with E-state index in [1.165, 1.54) is 0 Å². The maximum absolute atomic E-state index is 5.68. The number of rotatable bonds is 6. The maximum Gasteiger partial charge on any atom is 0.167 e. The van der Waals surface area contributed by atoms with Gasteiger partial charge in [-0.05, 0) is 6.07 Å². The van der Waals surface area contributed by atoms with Crippen molar-refractivity contribution < 1.29 is 14.3 Å². The third-order valence-electron chi connectivity index (χ3n) is 3.34. The molecule has 1 heterocycles. The Kier molecular flexibility index (Phi) is 5.20. The molecule has 0 aromatic heterocycles. The molecule has 0 spiro atoms. The summed E-state index contributed by atoms with van der Waals surface area (Å²) in [4.78, 5) is 5.43. The van der Waals surface area contributed by atoms with E-state index in [1.54, 1.807) is 14.2 Å². The number of para-hydroxylation sites is 1. The smallest absolute Gasteiger partial charge is 0.167 e. The van der Waals surface area contributed by atoms with Gasteiger partial charge in [0.05, 0.1) is 19.9 Å². The summed E-state index contributed by atoms with van der Waals surface area (Å²) in [5, 5.41) is 7.41. The fraction of sp³-hybridized carbons (Fsp3) is 0.500. The molecule has 0 bridgehead atoms. The molecule has 0 radical (unpaired) electrons. The van der Waals surface area contributed by atoms with Crippen LogP contribution in [0, 0.1) is 5.92 Å². The summed E-state index contributed by atoms with van der Waals surface area (Å²) >= 11 is 0. The number of nitrogens with two attached hydrogens (primary N) is 1. The van der Waals surface area contributed by atoms with Crippen LogP contribution >= 0.6 is 0 Å². The zero-order chi connectivity index (χ0) is 14.4. The van der Waals surface area contributed by atoms with Crippen molar-refractivity contribution in [1.82, 2.24) is 5.32 Å². The number of hydrogen-bond donors (Lipinski definition) is 2. The van der Waals surface area contributed by atoms with Crippen LogP contribution in [0.15, 0.2) is 23.4 Å². The predicted octanol–water partition coefficient (Wildman–Crippen LogP) is 0.754. The molecule has 1 atom stereocenters. The third kappa shape index (κ3) is 3.20. The van der Waals surface area contributed by atoms with Gasteiger partial charge in [-0.1, -0.05) is 17.3 Å². The average molecular weight is 279 g/mol. The molecule has 1 unspecified atom stereocenters. The van der Waals surface area contributed by atoms with Crippen molar-refractivity contribution in [1.29, 1.82) is 0 Å². The Bertz CT molecular complexity index is 477. The second-order valence-corrected chi connectivity index (χ2v) is 4.57. The van der Waals surface area contributed by atoms with Gasteiger partial charge in [0.1, 0.15) is 6.61 Å². The molecule has 1 aromatic carbocycles. The third-order valence-corrected chi connectivity index (χ3v) is 3.34. The van der Waals surface area contributed by atoms with Gasteiger partial charge in [-0.15, -0.1) is 0 Å². The number of oxime groups is 1. The van der Waals surface area contributed by atoms with Crippen LogP contribution in [-0.2, 0) is 11.4 Å². The summed E-state index contributed by atoms with van der Waals surface area (Å²) in [6.07, 6.45) is 0. The van der Waals surface area contributed by atoms with Crippen molar-refractivity contribution in [3.05, 3.63) is 23.8 Å². The fourth-order valence-corrected chi connectivity index (χ4v) is 2.21. The predicted molar refractivity (Wildman–Crippen MR) is 77.2 cm³/mol. The molecule has 2 rings (SSSR count). The SMILES string of the molecule is COc1cccc(CO/N=C2\CNCC2CN)c1OC. The molecule has 20 heavy (non-hydrogen) atoms. The van der Waals surface area contributed by atoms with Gasteiger partial charge in [-0.2, -0.15) is 0 Å². The molecule has 3 N–H and O–H groups in total. The van der Waals surface area contributed by atoms with Crippen molar-refractivity contribution in [3.63, 3.8) is 0 Å². The van der Waals surface area contributed by atoms with Crippen LogP contribution in [0.5, 0.6) is 11.5 Å². The molecule has 110 valence electrons. The summed E-state index contributed by atoms with van der Waals surface area (Å²) in [5.74, 6) is 1.63. The van der Waals surface area contributed by atoms with E-state index in [2.05, 4.69) is 10.5 Å². The van der Waals surface area contributed by atoms with Crippen LogP contribution in [0.2, 0.25) is 0 Å². The molecule has 1 aromatic rings. The van der Waals surface area contributed by atoms with Crippen LogP contribution in [0.25, 0.3) is 0 Å². The normalized spacial score (nSPS) is 20.1. The van der Waals surface area contributed by atoms with Gasteiger partial charge in [0.2, 0.25) is 0 Å². The first kappa shape index (κ1) is 14.6. The van der Waals surface area contributed by atoms with Crippen LogP contribution in [0.3, 0.4) is 0 Å². The zero-order valence-corrected chi connectivity index (χ0v) is 11.9. The molecular formula is C14H21N3O3. The topological polar surface area (TPSA) is 78.1 Å². The Morgan fingerprint density at radius 2 is 2.20 bits per heavy atom. The molecule has 1 aliphatic heterocycles. The minimum atomic E-state index is 0.266. The van der Waals surface area contributed by atoms with E-state index in [1.807, 2.05) is 18.2 Å². The van der Waals surface area contributed by atoms with E-state index in [-0.39, 0.29) is 5.92 Å². The molecular weight excluding hydrogens is 258 g/mol. The number of nitrogens with one attached hydrogen (secondary N) is 1. The molecule has 1 fully saturated rings. The second kappa shape index (κ2) is 7.12. The summed E-state index contributed by atoms with van der Waals surface area (Å²) in [6, 6.07) is 5.67. The highest BCUT2D eigenvalue weighted by molar-refractivity contribution is 5.90. The number of benzene rings is 1. The number of ether oxygens (including phenoxy) is 2. The van der Waals surface area contributed by atoms with Gasteiger partial charge in [-0.3, -0.25) is 0 Å². The molecule has 0 amide bonds. The Labute approximate surface area is 118 Å². The standard InChI is InChI=1S/C14H21N3O3/c1-18-13-5-3-4-10(14(13)19-2)9-20-17-12-8-16-7-11(12)6-15/h3-5,11,16H,6-9,15H2,1-2H3/b17-12+. The van der Waals surface area contributed by atoms with E-state index in [9.17, 15) is 0 Å². The molecule has 6 heteroatoms. The van der Waals surface area contributed by atoms with Gasteiger partial charge in [0.15, 0.2) is 11.5 Å². The van der Waals surface area contributed by atoms with Crippen molar-refractivity contribution in [3.8, 4) is 11.5 Å². The molecule has 6 nitrogen and oxygen atoms in total. The van der Waals surface area contributed by atoms with Crippen LogP contribution < -0.4 is 20.5 Å². The minimum absolute atomic E-state index is 0.266. The quantitative estimate of drug-likeness (QED) is 0.752. The van der Waals surface area contributed by atoms with Gasteiger partial charge >= 0.3 is 0 Å². The monoisotopic (exact) mass is 279 g/mol. The Balaban J connectivity index is 2.02. The zero-order valence-electron chi connectivity index (χ0n) is 11.9. The Morgan fingerprint density at radius 3 is 2.90 bits per heavy atom. The second-order valence-electron chi connectivity index (χ2n) is 4.57. The van der Waals surface area contributed by atoms with Crippen LogP contribution in [0.1, 0.15) is 5.56 Å². The van der Waals surface area contributed by atoms with Gasteiger partial charge in [0.25, 0.3) is 0 Å². The van der Waals surface area contributed by atoms with Crippen molar-refractivity contribution in [2.24, 2.45) is 16.8 Å². The fourth-order valence-electron chi connectivity index (χ4n) is 2.21. The summed E-state index contributed by atoms with van der Waals surface area (Å²) in [5.41, 5.74) is 7.54.